The van der Waals surface area contributed by atoms with Crippen LogP contribution in [-0.2, 0) is 16.0 Å². The highest BCUT2D eigenvalue weighted by molar-refractivity contribution is 5.81. The van der Waals surface area contributed by atoms with Crippen molar-refractivity contribution in [3.8, 4) is 5.75 Å². The SMILES string of the molecule is CCc1ccc(OC(CC)C(=O)NCCOC)cc1. The van der Waals surface area contributed by atoms with E-state index >= 15 is 0 Å². The Hall–Kier alpha value is -1.55. The summed E-state index contributed by atoms with van der Waals surface area (Å²) in [5.41, 5.74) is 1.25. The van der Waals surface area contributed by atoms with Crippen LogP contribution in [0.25, 0.3) is 0 Å². The van der Waals surface area contributed by atoms with Crippen LogP contribution in [0.1, 0.15) is 25.8 Å². The molecule has 4 heteroatoms. The normalized spacial score (nSPS) is 11.9. The molecule has 0 radical (unpaired) electrons. The van der Waals surface area contributed by atoms with Gasteiger partial charge in [0.15, 0.2) is 6.10 Å². The van der Waals surface area contributed by atoms with Gasteiger partial charge in [-0.15, -0.1) is 0 Å². The number of rotatable bonds is 8. The molecule has 0 aliphatic rings. The molecular weight excluding hydrogens is 242 g/mol. The first-order valence-electron chi connectivity index (χ1n) is 6.73. The van der Waals surface area contributed by atoms with E-state index in [2.05, 4.69) is 12.2 Å². The Kier molecular flexibility index (Phi) is 6.97. The molecule has 1 atom stereocenters. The lowest BCUT2D eigenvalue weighted by molar-refractivity contribution is -0.128. The molecule has 0 aliphatic heterocycles. The van der Waals surface area contributed by atoms with Crippen LogP contribution in [0.3, 0.4) is 0 Å². The van der Waals surface area contributed by atoms with Crippen molar-refractivity contribution >= 4 is 5.91 Å². The smallest absolute Gasteiger partial charge is 0.261 e. The first-order chi connectivity index (χ1) is 9.21. The van der Waals surface area contributed by atoms with E-state index < -0.39 is 6.10 Å². The van der Waals surface area contributed by atoms with Crippen LogP contribution in [0, 0.1) is 0 Å². The van der Waals surface area contributed by atoms with Gasteiger partial charge in [0.1, 0.15) is 5.75 Å². The lowest BCUT2D eigenvalue weighted by Crippen LogP contribution is -2.39. The molecule has 0 saturated heterocycles. The van der Waals surface area contributed by atoms with Gasteiger partial charge in [0.25, 0.3) is 5.91 Å². The summed E-state index contributed by atoms with van der Waals surface area (Å²) in [7, 11) is 1.61. The molecule has 0 fully saturated rings. The Labute approximate surface area is 115 Å². The first kappa shape index (κ1) is 15.5. The van der Waals surface area contributed by atoms with Crippen LogP contribution < -0.4 is 10.1 Å². The fourth-order valence-corrected chi connectivity index (χ4v) is 1.68. The molecule has 0 saturated carbocycles. The summed E-state index contributed by atoms with van der Waals surface area (Å²) in [4.78, 5) is 11.9. The van der Waals surface area contributed by atoms with Gasteiger partial charge in [-0.05, 0) is 30.5 Å². The molecule has 0 aromatic heterocycles. The van der Waals surface area contributed by atoms with Crippen molar-refractivity contribution < 1.29 is 14.3 Å². The van der Waals surface area contributed by atoms with Crippen LogP contribution in [0.4, 0.5) is 0 Å². The number of hydrogen-bond donors (Lipinski definition) is 1. The average molecular weight is 265 g/mol. The number of nitrogens with one attached hydrogen (secondary N) is 1. The summed E-state index contributed by atoms with van der Waals surface area (Å²) in [6, 6.07) is 7.85. The molecule has 1 aromatic rings. The van der Waals surface area contributed by atoms with Gasteiger partial charge >= 0.3 is 0 Å². The second-order valence-corrected chi connectivity index (χ2v) is 4.30. The maximum Gasteiger partial charge on any atom is 0.261 e. The molecule has 1 aromatic carbocycles. The standard InChI is InChI=1S/C15H23NO3/c1-4-12-6-8-13(9-7-12)19-14(5-2)15(17)16-10-11-18-3/h6-9,14H,4-5,10-11H2,1-3H3,(H,16,17). The molecule has 106 valence electrons. The van der Waals surface area contributed by atoms with Gasteiger partial charge in [-0.3, -0.25) is 4.79 Å². The minimum Gasteiger partial charge on any atom is -0.481 e. The van der Waals surface area contributed by atoms with Crippen LogP contribution in [0.2, 0.25) is 0 Å². The Morgan fingerprint density at radius 3 is 2.47 bits per heavy atom. The highest BCUT2D eigenvalue weighted by Crippen LogP contribution is 2.15. The number of benzene rings is 1. The average Bonchev–Trinajstić information content (AvgIpc) is 2.45. The lowest BCUT2D eigenvalue weighted by Gasteiger charge is -2.17. The highest BCUT2D eigenvalue weighted by atomic mass is 16.5. The summed E-state index contributed by atoms with van der Waals surface area (Å²) in [6.07, 6.45) is 1.17. The molecule has 1 rings (SSSR count). The molecular formula is C15H23NO3. The predicted octanol–water partition coefficient (Wildman–Crippen LogP) is 2.17. The molecule has 0 heterocycles. The fraction of sp³-hybridized carbons (Fsp3) is 0.533. The topological polar surface area (TPSA) is 47.6 Å². The van der Waals surface area contributed by atoms with E-state index in [1.165, 1.54) is 5.56 Å². The van der Waals surface area contributed by atoms with E-state index in [0.29, 0.717) is 19.6 Å². The van der Waals surface area contributed by atoms with Gasteiger partial charge in [0.05, 0.1) is 6.61 Å². The molecule has 19 heavy (non-hydrogen) atoms. The maximum atomic E-state index is 11.9. The molecule has 0 spiro atoms. The van der Waals surface area contributed by atoms with Crippen molar-refractivity contribution in [2.75, 3.05) is 20.3 Å². The molecule has 1 amide bonds. The first-order valence-corrected chi connectivity index (χ1v) is 6.73. The molecule has 0 bridgehead atoms. The van der Waals surface area contributed by atoms with Crippen molar-refractivity contribution in [3.05, 3.63) is 29.8 Å². The zero-order valence-electron chi connectivity index (χ0n) is 11.9. The second kappa shape index (κ2) is 8.53. The minimum atomic E-state index is -0.454. The van der Waals surface area contributed by atoms with E-state index in [1.807, 2.05) is 31.2 Å². The van der Waals surface area contributed by atoms with E-state index in [1.54, 1.807) is 7.11 Å². The van der Waals surface area contributed by atoms with Gasteiger partial charge in [-0.2, -0.15) is 0 Å². The van der Waals surface area contributed by atoms with Crippen molar-refractivity contribution in [2.45, 2.75) is 32.8 Å². The summed E-state index contributed by atoms with van der Waals surface area (Å²) < 4.78 is 10.6. The van der Waals surface area contributed by atoms with Crippen molar-refractivity contribution in [1.29, 1.82) is 0 Å². The van der Waals surface area contributed by atoms with Gasteiger partial charge in [0.2, 0.25) is 0 Å². The zero-order chi connectivity index (χ0) is 14.1. The van der Waals surface area contributed by atoms with Crippen LogP contribution >= 0.6 is 0 Å². The fourth-order valence-electron chi connectivity index (χ4n) is 1.68. The minimum absolute atomic E-state index is 0.0980. The summed E-state index contributed by atoms with van der Waals surface area (Å²) in [6.45, 7) is 5.05. The highest BCUT2D eigenvalue weighted by Gasteiger charge is 2.17. The van der Waals surface area contributed by atoms with Gasteiger partial charge in [0, 0.05) is 13.7 Å². The number of carbonyl (C=O) groups is 1. The Morgan fingerprint density at radius 2 is 1.95 bits per heavy atom. The molecule has 4 nitrogen and oxygen atoms in total. The molecule has 1 N–H and O–H groups in total. The summed E-state index contributed by atoms with van der Waals surface area (Å²) in [5.74, 6) is 0.630. The quantitative estimate of drug-likeness (QED) is 0.733. The maximum absolute atomic E-state index is 11.9. The zero-order valence-corrected chi connectivity index (χ0v) is 11.9. The van der Waals surface area contributed by atoms with Crippen LogP contribution in [-0.4, -0.2) is 32.3 Å². The number of aryl methyl sites for hydroxylation is 1. The van der Waals surface area contributed by atoms with E-state index in [0.717, 1.165) is 12.2 Å². The third-order valence-corrected chi connectivity index (χ3v) is 2.88. The number of methoxy groups -OCH3 is 1. The Bertz CT molecular complexity index is 375. The number of amides is 1. The monoisotopic (exact) mass is 265 g/mol. The summed E-state index contributed by atoms with van der Waals surface area (Å²) >= 11 is 0. The van der Waals surface area contributed by atoms with Crippen LogP contribution in [0.15, 0.2) is 24.3 Å². The van der Waals surface area contributed by atoms with Crippen LogP contribution in [0.5, 0.6) is 5.75 Å². The second-order valence-electron chi connectivity index (χ2n) is 4.30. The molecule has 1 unspecified atom stereocenters. The van der Waals surface area contributed by atoms with E-state index in [-0.39, 0.29) is 5.91 Å². The Balaban J connectivity index is 2.52. The van der Waals surface area contributed by atoms with E-state index in [4.69, 9.17) is 9.47 Å². The third-order valence-electron chi connectivity index (χ3n) is 2.88. The number of carbonyl (C=O) groups excluding carboxylic acids is 1. The van der Waals surface area contributed by atoms with Crippen molar-refractivity contribution in [2.24, 2.45) is 0 Å². The number of hydrogen-bond acceptors (Lipinski definition) is 3. The third kappa shape index (κ3) is 5.30. The largest absolute Gasteiger partial charge is 0.481 e. The van der Waals surface area contributed by atoms with Gasteiger partial charge in [-0.25, -0.2) is 0 Å². The lowest BCUT2D eigenvalue weighted by atomic mass is 10.2. The number of ether oxygens (including phenoxy) is 2. The van der Waals surface area contributed by atoms with Crippen molar-refractivity contribution in [1.82, 2.24) is 5.32 Å². The van der Waals surface area contributed by atoms with Gasteiger partial charge < -0.3 is 14.8 Å². The summed E-state index contributed by atoms with van der Waals surface area (Å²) in [5, 5.41) is 2.79. The Morgan fingerprint density at radius 1 is 1.26 bits per heavy atom. The van der Waals surface area contributed by atoms with Crippen molar-refractivity contribution in [3.63, 3.8) is 0 Å². The predicted molar refractivity (Wildman–Crippen MR) is 75.4 cm³/mol. The van der Waals surface area contributed by atoms with E-state index in [9.17, 15) is 4.79 Å². The molecule has 0 aliphatic carbocycles. The van der Waals surface area contributed by atoms with Gasteiger partial charge in [-0.1, -0.05) is 26.0 Å².